The van der Waals surface area contributed by atoms with Crippen LogP contribution in [0.1, 0.15) is 19.3 Å². The molecule has 1 saturated carbocycles. The van der Waals surface area contributed by atoms with Crippen molar-refractivity contribution in [2.45, 2.75) is 31.4 Å². The van der Waals surface area contributed by atoms with E-state index >= 15 is 0 Å². The Morgan fingerprint density at radius 1 is 1.20 bits per heavy atom. The van der Waals surface area contributed by atoms with Crippen LogP contribution in [0, 0.1) is 0 Å². The highest BCUT2D eigenvalue weighted by atomic mass is 16.5. The Morgan fingerprint density at radius 2 is 2.15 bits per heavy atom. The minimum atomic E-state index is 0.396. The number of ether oxygens (including phenoxy) is 1. The third-order valence-electron chi connectivity index (χ3n) is 4.47. The van der Waals surface area contributed by atoms with E-state index in [9.17, 15) is 0 Å². The third-order valence-corrected chi connectivity index (χ3v) is 4.47. The SMILES string of the molecule is Nc1ccc2nc(N3CCOC4CCCC43)ccc2c1. The second-order valence-electron chi connectivity index (χ2n) is 5.72. The van der Waals surface area contributed by atoms with Crippen LogP contribution < -0.4 is 10.6 Å². The van der Waals surface area contributed by atoms with Crippen LogP contribution in [-0.4, -0.2) is 30.3 Å². The Morgan fingerprint density at radius 3 is 3.10 bits per heavy atom. The van der Waals surface area contributed by atoms with Gasteiger partial charge in [0.15, 0.2) is 0 Å². The van der Waals surface area contributed by atoms with Crippen molar-refractivity contribution in [3.63, 3.8) is 0 Å². The Balaban J connectivity index is 1.72. The van der Waals surface area contributed by atoms with Crippen molar-refractivity contribution in [1.82, 2.24) is 4.98 Å². The number of fused-ring (bicyclic) bond motifs is 2. The van der Waals surface area contributed by atoms with E-state index in [2.05, 4.69) is 17.0 Å². The van der Waals surface area contributed by atoms with E-state index in [0.717, 1.165) is 35.6 Å². The van der Waals surface area contributed by atoms with Crippen LogP contribution in [0.2, 0.25) is 0 Å². The molecule has 4 heteroatoms. The van der Waals surface area contributed by atoms with Gasteiger partial charge in [-0.25, -0.2) is 4.98 Å². The van der Waals surface area contributed by atoms with E-state index in [4.69, 9.17) is 15.5 Å². The first-order chi connectivity index (χ1) is 9.81. The molecule has 1 aromatic heterocycles. The van der Waals surface area contributed by atoms with Gasteiger partial charge in [0.05, 0.1) is 24.3 Å². The third kappa shape index (κ3) is 1.91. The van der Waals surface area contributed by atoms with Crippen LogP contribution in [0.4, 0.5) is 11.5 Å². The lowest BCUT2D eigenvalue weighted by Gasteiger charge is -2.38. The number of rotatable bonds is 1. The lowest BCUT2D eigenvalue weighted by Crippen LogP contribution is -2.49. The van der Waals surface area contributed by atoms with Gasteiger partial charge in [-0.3, -0.25) is 0 Å². The predicted molar refractivity (Wildman–Crippen MR) is 80.9 cm³/mol. The zero-order valence-electron chi connectivity index (χ0n) is 11.5. The van der Waals surface area contributed by atoms with Gasteiger partial charge in [0.2, 0.25) is 0 Å². The van der Waals surface area contributed by atoms with Crippen molar-refractivity contribution in [2.75, 3.05) is 23.8 Å². The van der Waals surface area contributed by atoms with E-state index in [1.807, 2.05) is 18.2 Å². The van der Waals surface area contributed by atoms with Gasteiger partial charge in [-0.05, 0) is 49.6 Å². The molecule has 0 radical (unpaired) electrons. The van der Waals surface area contributed by atoms with Gasteiger partial charge in [-0.2, -0.15) is 0 Å². The zero-order valence-corrected chi connectivity index (χ0v) is 11.5. The van der Waals surface area contributed by atoms with Gasteiger partial charge in [-0.15, -0.1) is 0 Å². The number of aromatic nitrogens is 1. The van der Waals surface area contributed by atoms with Crippen LogP contribution in [0.5, 0.6) is 0 Å². The normalized spacial score (nSPS) is 25.9. The quantitative estimate of drug-likeness (QED) is 0.808. The Labute approximate surface area is 118 Å². The number of benzene rings is 1. The molecule has 2 aliphatic rings. The molecule has 0 amide bonds. The maximum Gasteiger partial charge on any atom is 0.129 e. The number of nitrogens with two attached hydrogens (primary N) is 1. The summed E-state index contributed by atoms with van der Waals surface area (Å²) < 4.78 is 5.87. The summed E-state index contributed by atoms with van der Waals surface area (Å²) in [7, 11) is 0. The van der Waals surface area contributed by atoms with Gasteiger partial charge in [0.25, 0.3) is 0 Å². The molecule has 0 spiro atoms. The number of anilines is 2. The van der Waals surface area contributed by atoms with Gasteiger partial charge in [0.1, 0.15) is 5.82 Å². The van der Waals surface area contributed by atoms with Crippen molar-refractivity contribution < 1.29 is 4.74 Å². The number of hydrogen-bond donors (Lipinski definition) is 1. The molecule has 2 fully saturated rings. The Hall–Kier alpha value is -1.81. The molecule has 2 atom stereocenters. The van der Waals surface area contributed by atoms with Crippen LogP contribution in [0.25, 0.3) is 10.9 Å². The smallest absolute Gasteiger partial charge is 0.129 e. The lowest BCUT2D eigenvalue weighted by atomic mass is 10.1. The van der Waals surface area contributed by atoms with Gasteiger partial charge in [-0.1, -0.05) is 0 Å². The fourth-order valence-corrected chi connectivity index (χ4v) is 3.50. The monoisotopic (exact) mass is 269 g/mol. The first-order valence-corrected chi connectivity index (χ1v) is 7.36. The van der Waals surface area contributed by atoms with Crippen LogP contribution in [-0.2, 0) is 4.74 Å². The molecule has 2 heterocycles. The highest BCUT2D eigenvalue weighted by Gasteiger charge is 2.36. The molecule has 20 heavy (non-hydrogen) atoms. The fourth-order valence-electron chi connectivity index (χ4n) is 3.50. The molecule has 2 unspecified atom stereocenters. The standard InChI is InChI=1S/C16H19N3O/c17-12-5-6-13-11(10-12)4-7-16(18-13)19-8-9-20-15-3-1-2-14(15)19/h4-7,10,14-15H,1-3,8-9,17H2. The molecule has 1 aliphatic heterocycles. The summed E-state index contributed by atoms with van der Waals surface area (Å²) in [6, 6.07) is 10.6. The minimum Gasteiger partial charge on any atom is -0.399 e. The number of nitrogen functional groups attached to an aromatic ring is 1. The van der Waals surface area contributed by atoms with Crippen molar-refractivity contribution in [1.29, 1.82) is 0 Å². The van der Waals surface area contributed by atoms with Crippen LogP contribution >= 0.6 is 0 Å². The largest absolute Gasteiger partial charge is 0.399 e. The first-order valence-electron chi connectivity index (χ1n) is 7.36. The van der Waals surface area contributed by atoms with E-state index < -0.39 is 0 Å². The van der Waals surface area contributed by atoms with Crippen molar-refractivity contribution in [2.24, 2.45) is 0 Å². The highest BCUT2D eigenvalue weighted by molar-refractivity contribution is 5.83. The average molecular weight is 269 g/mol. The highest BCUT2D eigenvalue weighted by Crippen LogP contribution is 2.33. The molecule has 1 aliphatic carbocycles. The minimum absolute atomic E-state index is 0.396. The topological polar surface area (TPSA) is 51.4 Å². The Bertz CT molecular complexity index is 643. The summed E-state index contributed by atoms with van der Waals surface area (Å²) in [5.41, 5.74) is 7.62. The van der Waals surface area contributed by atoms with Crippen molar-refractivity contribution in [3.05, 3.63) is 30.3 Å². The van der Waals surface area contributed by atoms with Gasteiger partial charge < -0.3 is 15.4 Å². The molecule has 4 nitrogen and oxygen atoms in total. The molecule has 2 aromatic rings. The second kappa shape index (κ2) is 4.63. The molecular formula is C16H19N3O. The number of hydrogen-bond acceptors (Lipinski definition) is 4. The molecule has 1 saturated heterocycles. The van der Waals surface area contributed by atoms with E-state index in [-0.39, 0.29) is 0 Å². The van der Waals surface area contributed by atoms with Crippen LogP contribution in [0.15, 0.2) is 30.3 Å². The molecule has 4 rings (SSSR count). The fraction of sp³-hybridized carbons (Fsp3) is 0.438. The van der Waals surface area contributed by atoms with Gasteiger partial charge in [0, 0.05) is 17.6 Å². The summed E-state index contributed by atoms with van der Waals surface area (Å²) in [4.78, 5) is 7.24. The number of pyridine rings is 1. The molecule has 104 valence electrons. The number of nitrogens with zero attached hydrogens (tertiary/aromatic N) is 2. The number of morpholine rings is 1. The molecule has 2 N–H and O–H groups in total. The maximum absolute atomic E-state index is 5.87. The zero-order chi connectivity index (χ0) is 13.5. The van der Waals surface area contributed by atoms with Crippen molar-refractivity contribution >= 4 is 22.4 Å². The van der Waals surface area contributed by atoms with Crippen LogP contribution in [0.3, 0.4) is 0 Å². The molecular weight excluding hydrogens is 250 g/mol. The predicted octanol–water partition coefficient (Wildman–Crippen LogP) is 2.57. The lowest BCUT2D eigenvalue weighted by molar-refractivity contribution is 0.0253. The van der Waals surface area contributed by atoms with Crippen molar-refractivity contribution in [3.8, 4) is 0 Å². The summed E-state index contributed by atoms with van der Waals surface area (Å²) in [5, 5.41) is 1.10. The summed E-state index contributed by atoms with van der Waals surface area (Å²) >= 11 is 0. The van der Waals surface area contributed by atoms with E-state index in [1.165, 1.54) is 19.3 Å². The summed E-state index contributed by atoms with van der Waals surface area (Å²) in [6.45, 7) is 1.75. The molecule has 0 bridgehead atoms. The summed E-state index contributed by atoms with van der Waals surface area (Å²) in [5.74, 6) is 1.07. The summed E-state index contributed by atoms with van der Waals surface area (Å²) in [6.07, 6.45) is 4.06. The maximum atomic E-state index is 5.87. The molecule has 1 aromatic carbocycles. The van der Waals surface area contributed by atoms with E-state index in [1.54, 1.807) is 0 Å². The average Bonchev–Trinajstić information content (AvgIpc) is 2.95. The first kappa shape index (κ1) is 12.0. The van der Waals surface area contributed by atoms with E-state index in [0.29, 0.717) is 12.1 Å². The van der Waals surface area contributed by atoms with Gasteiger partial charge >= 0.3 is 0 Å². The Kier molecular flexibility index (Phi) is 2.77. The second-order valence-corrected chi connectivity index (χ2v) is 5.72.